The van der Waals surface area contributed by atoms with Gasteiger partial charge in [0.15, 0.2) is 0 Å². The van der Waals surface area contributed by atoms with E-state index in [1.165, 1.54) is 32.1 Å². The third-order valence-corrected chi connectivity index (χ3v) is 8.58. The highest BCUT2D eigenvalue weighted by atomic mass is 16.3. The number of nitrogens with two attached hydrogens (primary N) is 1. The third-order valence-electron chi connectivity index (χ3n) is 8.58. The number of aliphatic imine (C=N–C) groups is 1. The fourth-order valence-electron chi connectivity index (χ4n) is 6.10. The number of allylic oxidation sites excluding steroid dienone is 1. The first-order chi connectivity index (χ1) is 16.7. The minimum Gasteiger partial charge on any atom is -0.387 e. The Hall–Kier alpha value is -2.18. The molecule has 2 atom stereocenters. The molecule has 1 saturated heterocycles. The molecule has 2 unspecified atom stereocenters. The van der Waals surface area contributed by atoms with Gasteiger partial charge < -0.3 is 20.6 Å². The number of likely N-dealkylation sites (tertiary alicyclic amines) is 1. The molecule has 6 nitrogen and oxygen atoms in total. The van der Waals surface area contributed by atoms with E-state index in [2.05, 4.69) is 37.8 Å². The van der Waals surface area contributed by atoms with Crippen LogP contribution in [-0.4, -0.2) is 58.4 Å². The van der Waals surface area contributed by atoms with Gasteiger partial charge in [-0.3, -0.25) is 9.79 Å². The van der Waals surface area contributed by atoms with Crippen molar-refractivity contribution in [2.24, 2.45) is 28.0 Å². The van der Waals surface area contributed by atoms with Crippen LogP contribution in [-0.2, 0) is 11.3 Å². The lowest BCUT2D eigenvalue weighted by Crippen LogP contribution is -2.62. The van der Waals surface area contributed by atoms with Gasteiger partial charge in [-0.05, 0) is 36.5 Å². The van der Waals surface area contributed by atoms with E-state index in [0.717, 1.165) is 23.3 Å². The standard InChI is InChI=1S/C29H44N4O2/c1-22(16-23-8-5-4-6-9-23)27(34)33-15-13-29(35,28(2,3)19-33)20-32-14-12-26(31-21-32)25-11-7-10-24(17-25)18-30/h7,10-12,14,17,22-23,35H,4-6,8-9,13,15-16,18-21,30H2,1-3H3. The Balaban J connectivity index is 1.33. The number of aliphatic hydroxyl groups is 1. The van der Waals surface area contributed by atoms with E-state index in [0.29, 0.717) is 45.2 Å². The Morgan fingerprint density at radius 3 is 2.69 bits per heavy atom. The van der Waals surface area contributed by atoms with Crippen LogP contribution in [0.1, 0.15) is 76.8 Å². The van der Waals surface area contributed by atoms with Gasteiger partial charge in [0.05, 0.1) is 11.3 Å². The van der Waals surface area contributed by atoms with E-state index in [-0.39, 0.29) is 11.8 Å². The minimum absolute atomic E-state index is 0.0654. The monoisotopic (exact) mass is 480 g/mol. The van der Waals surface area contributed by atoms with Crippen LogP contribution >= 0.6 is 0 Å². The van der Waals surface area contributed by atoms with E-state index < -0.39 is 11.0 Å². The maximum absolute atomic E-state index is 13.3. The molecule has 1 amide bonds. The number of rotatable bonds is 7. The van der Waals surface area contributed by atoms with Gasteiger partial charge in [-0.2, -0.15) is 0 Å². The van der Waals surface area contributed by atoms with Crippen LogP contribution in [0.15, 0.2) is 41.5 Å². The maximum atomic E-state index is 13.3. The quantitative estimate of drug-likeness (QED) is 0.609. The number of nitrogens with zero attached hydrogens (tertiary/aromatic N) is 3. The SMILES string of the molecule is CC(CC1CCCCC1)C(=O)N1CCC(O)(CN2C=CC(c3cccc(CN)c3)=NC2)C(C)(C)C1. The highest BCUT2D eigenvalue weighted by Crippen LogP contribution is 2.40. The normalized spacial score (nSPS) is 25.9. The molecule has 1 aromatic carbocycles. The predicted octanol–water partition coefficient (Wildman–Crippen LogP) is 4.32. The summed E-state index contributed by atoms with van der Waals surface area (Å²) < 4.78 is 0. The van der Waals surface area contributed by atoms with Crippen molar-refractivity contribution < 1.29 is 9.90 Å². The molecule has 2 fully saturated rings. The molecule has 0 radical (unpaired) electrons. The lowest BCUT2D eigenvalue weighted by atomic mass is 9.69. The Kier molecular flexibility index (Phi) is 8.02. The number of amides is 1. The summed E-state index contributed by atoms with van der Waals surface area (Å²) in [5, 5.41) is 11.7. The Bertz CT molecular complexity index is 950. The molecule has 0 aromatic heterocycles. The molecular weight excluding hydrogens is 436 g/mol. The average molecular weight is 481 g/mol. The average Bonchev–Trinajstić information content (AvgIpc) is 2.86. The Morgan fingerprint density at radius 2 is 2.03 bits per heavy atom. The summed E-state index contributed by atoms with van der Waals surface area (Å²) in [5.74, 6) is 1.03. The fourth-order valence-corrected chi connectivity index (χ4v) is 6.10. The highest BCUT2D eigenvalue weighted by molar-refractivity contribution is 6.09. The van der Waals surface area contributed by atoms with Crippen molar-refractivity contribution >= 4 is 11.6 Å². The van der Waals surface area contributed by atoms with Crippen molar-refractivity contribution in [2.45, 2.75) is 77.9 Å². The summed E-state index contributed by atoms with van der Waals surface area (Å²) in [6.07, 6.45) is 12.2. The highest BCUT2D eigenvalue weighted by Gasteiger charge is 2.49. The number of hydrogen-bond donors (Lipinski definition) is 2. The molecule has 2 aliphatic heterocycles. The van der Waals surface area contributed by atoms with Gasteiger partial charge in [-0.15, -0.1) is 0 Å². The molecule has 1 aliphatic carbocycles. The van der Waals surface area contributed by atoms with Crippen molar-refractivity contribution in [1.29, 1.82) is 0 Å². The van der Waals surface area contributed by atoms with Crippen LogP contribution in [0.5, 0.6) is 0 Å². The first-order valence-electron chi connectivity index (χ1n) is 13.5. The maximum Gasteiger partial charge on any atom is 0.225 e. The van der Waals surface area contributed by atoms with Crippen molar-refractivity contribution in [3.05, 3.63) is 47.7 Å². The van der Waals surface area contributed by atoms with Gasteiger partial charge in [0.1, 0.15) is 6.67 Å². The van der Waals surface area contributed by atoms with Crippen LogP contribution < -0.4 is 5.73 Å². The van der Waals surface area contributed by atoms with Crippen molar-refractivity contribution in [3.63, 3.8) is 0 Å². The third kappa shape index (κ3) is 5.97. The number of β-amino-alcohol motifs (C(OH)–C–C–N with tert-alkyl or cyclic N) is 1. The van der Waals surface area contributed by atoms with Crippen LogP contribution in [0.4, 0.5) is 0 Å². The second-order valence-electron chi connectivity index (χ2n) is 11.7. The molecule has 35 heavy (non-hydrogen) atoms. The van der Waals surface area contributed by atoms with Gasteiger partial charge in [-0.1, -0.05) is 71.1 Å². The molecular formula is C29H44N4O2. The zero-order valence-electron chi connectivity index (χ0n) is 21.9. The van der Waals surface area contributed by atoms with E-state index in [1.807, 2.05) is 29.3 Å². The van der Waals surface area contributed by atoms with Crippen LogP contribution in [0.3, 0.4) is 0 Å². The van der Waals surface area contributed by atoms with Crippen LogP contribution in [0.25, 0.3) is 0 Å². The molecule has 3 N–H and O–H groups in total. The Morgan fingerprint density at radius 1 is 1.26 bits per heavy atom. The van der Waals surface area contributed by atoms with Gasteiger partial charge in [0.2, 0.25) is 5.91 Å². The smallest absolute Gasteiger partial charge is 0.225 e. The number of carbonyl (C=O) groups excluding carboxylic acids is 1. The lowest BCUT2D eigenvalue weighted by Gasteiger charge is -2.52. The van der Waals surface area contributed by atoms with Gasteiger partial charge in [-0.25, -0.2) is 0 Å². The second kappa shape index (κ2) is 10.8. The lowest BCUT2D eigenvalue weighted by molar-refractivity contribution is -0.157. The zero-order chi connectivity index (χ0) is 25.1. The summed E-state index contributed by atoms with van der Waals surface area (Å²) in [6.45, 7) is 9.03. The van der Waals surface area contributed by atoms with Crippen LogP contribution in [0, 0.1) is 17.3 Å². The van der Waals surface area contributed by atoms with Crippen molar-refractivity contribution in [1.82, 2.24) is 9.80 Å². The number of piperidine rings is 1. The van der Waals surface area contributed by atoms with Gasteiger partial charge in [0.25, 0.3) is 0 Å². The topological polar surface area (TPSA) is 82.2 Å². The van der Waals surface area contributed by atoms with E-state index in [4.69, 9.17) is 10.7 Å². The van der Waals surface area contributed by atoms with Crippen LogP contribution in [0.2, 0.25) is 0 Å². The molecule has 3 aliphatic rings. The number of benzene rings is 1. The molecule has 6 heteroatoms. The molecule has 192 valence electrons. The van der Waals surface area contributed by atoms with Gasteiger partial charge >= 0.3 is 0 Å². The first-order valence-corrected chi connectivity index (χ1v) is 13.5. The summed E-state index contributed by atoms with van der Waals surface area (Å²) in [4.78, 5) is 22.1. The second-order valence-corrected chi connectivity index (χ2v) is 11.7. The van der Waals surface area contributed by atoms with E-state index >= 15 is 0 Å². The first kappa shape index (κ1) is 25.9. The molecule has 1 saturated carbocycles. The summed E-state index contributed by atoms with van der Waals surface area (Å²) >= 11 is 0. The summed E-state index contributed by atoms with van der Waals surface area (Å²) in [7, 11) is 0. The molecule has 2 heterocycles. The van der Waals surface area contributed by atoms with Crippen molar-refractivity contribution in [3.8, 4) is 0 Å². The largest absolute Gasteiger partial charge is 0.387 e. The summed E-state index contributed by atoms with van der Waals surface area (Å²) in [5.41, 5.74) is 7.59. The molecule has 1 aromatic rings. The van der Waals surface area contributed by atoms with E-state index in [9.17, 15) is 9.90 Å². The summed E-state index contributed by atoms with van der Waals surface area (Å²) in [6, 6.07) is 8.17. The minimum atomic E-state index is -0.882. The van der Waals surface area contributed by atoms with Gasteiger partial charge in [0, 0.05) is 49.3 Å². The molecule has 0 bridgehead atoms. The predicted molar refractivity (Wildman–Crippen MR) is 142 cm³/mol. The molecule has 4 rings (SSSR count). The number of hydrogen-bond acceptors (Lipinski definition) is 5. The van der Waals surface area contributed by atoms with E-state index in [1.54, 1.807) is 0 Å². The zero-order valence-corrected chi connectivity index (χ0v) is 21.9. The Labute approximate surface area is 211 Å². The van der Waals surface area contributed by atoms with Crippen molar-refractivity contribution in [2.75, 3.05) is 26.3 Å². The number of carbonyl (C=O) groups is 1. The molecule has 0 spiro atoms. The fraction of sp³-hybridized carbons (Fsp3) is 0.655.